The molecule has 124 valence electrons. The molecule has 0 saturated carbocycles. The third kappa shape index (κ3) is 5.77. The smallest absolute Gasteiger partial charge is 0.387 e. The summed E-state index contributed by atoms with van der Waals surface area (Å²) in [6, 6.07) is 4.76. The van der Waals surface area contributed by atoms with Gasteiger partial charge in [-0.15, -0.1) is 12.4 Å². The Morgan fingerprint density at radius 2 is 2.27 bits per heavy atom. The van der Waals surface area contributed by atoms with Crippen molar-refractivity contribution in [1.82, 2.24) is 5.32 Å². The van der Waals surface area contributed by atoms with Crippen LogP contribution in [0.2, 0.25) is 0 Å². The Hall–Kier alpha value is -1.40. The number of hydrogen-bond donors (Lipinski definition) is 2. The fourth-order valence-corrected chi connectivity index (χ4v) is 2.42. The van der Waals surface area contributed by atoms with Crippen molar-refractivity contribution >= 4 is 24.0 Å². The van der Waals surface area contributed by atoms with Gasteiger partial charge in [0.05, 0.1) is 0 Å². The van der Waals surface area contributed by atoms with Gasteiger partial charge in [0.15, 0.2) is 0 Å². The van der Waals surface area contributed by atoms with Gasteiger partial charge in [-0.05, 0) is 50.4 Å². The number of aryl methyl sites for hydroxylation is 1. The molecule has 1 heterocycles. The van der Waals surface area contributed by atoms with E-state index in [9.17, 15) is 13.6 Å². The quantitative estimate of drug-likeness (QED) is 0.839. The van der Waals surface area contributed by atoms with Crippen LogP contribution in [-0.4, -0.2) is 25.6 Å². The predicted molar refractivity (Wildman–Crippen MR) is 83.9 cm³/mol. The van der Waals surface area contributed by atoms with E-state index in [0.29, 0.717) is 23.6 Å². The first-order chi connectivity index (χ1) is 10.0. The Balaban J connectivity index is 0.00000242. The average molecular weight is 335 g/mol. The first-order valence-electron chi connectivity index (χ1n) is 7.10. The van der Waals surface area contributed by atoms with Crippen LogP contribution in [0.5, 0.6) is 5.75 Å². The van der Waals surface area contributed by atoms with Crippen LogP contribution in [0.3, 0.4) is 0 Å². The van der Waals surface area contributed by atoms with Crippen LogP contribution in [-0.2, 0) is 4.79 Å². The molecule has 2 rings (SSSR count). The summed E-state index contributed by atoms with van der Waals surface area (Å²) in [5.74, 6) is 0.531. The van der Waals surface area contributed by atoms with Crippen molar-refractivity contribution in [3.8, 4) is 5.75 Å². The summed E-state index contributed by atoms with van der Waals surface area (Å²) < 4.78 is 29.0. The van der Waals surface area contributed by atoms with Gasteiger partial charge in [-0.2, -0.15) is 8.78 Å². The number of rotatable bonds is 6. The lowest BCUT2D eigenvalue weighted by atomic mass is 10.0. The molecule has 0 spiro atoms. The average Bonchev–Trinajstić information content (AvgIpc) is 2.93. The standard InChI is InChI=1S/C15H20F2N2O2.ClH/c1-10-2-4-12(8-13(10)21-15(16)17)19-14(20)5-3-11-6-7-18-9-11;/h2,4,8,11,15,18H,3,5-7,9H2,1H3,(H,19,20);1H. The number of ether oxygens (including phenoxy) is 1. The second-order valence-electron chi connectivity index (χ2n) is 5.30. The lowest BCUT2D eigenvalue weighted by molar-refractivity contribution is -0.116. The first-order valence-corrected chi connectivity index (χ1v) is 7.10. The molecular weight excluding hydrogens is 314 g/mol. The van der Waals surface area contributed by atoms with Crippen molar-refractivity contribution in [3.05, 3.63) is 23.8 Å². The van der Waals surface area contributed by atoms with E-state index in [4.69, 9.17) is 0 Å². The highest BCUT2D eigenvalue weighted by Gasteiger charge is 2.16. The Morgan fingerprint density at radius 1 is 1.50 bits per heavy atom. The number of hydrogen-bond acceptors (Lipinski definition) is 3. The molecule has 0 radical (unpaired) electrons. The SMILES string of the molecule is Cc1ccc(NC(=O)CCC2CCNC2)cc1OC(F)F.Cl. The van der Waals surface area contributed by atoms with Crippen molar-refractivity contribution in [3.63, 3.8) is 0 Å². The second kappa shape index (κ2) is 8.90. The Bertz CT molecular complexity index is 494. The van der Waals surface area contributed by atoms with Crippen LogP contribution in [0.1, 0.15) is 24.8 Å². The van der Waals surface area contributed by atoms with Gasteiger partial charge in [-0.3, -0.25) is 4.79 Å². The van der Waals surface area contributed by atoms with Gasteiger partial charge in [0.1, 0.15) is 5.75 Å². The molecule has 1 atom stereocenters. The summed E-state index contributed by atoms with van der Waals surface area (Å²) in [6.45, 7) is 0.781. The van der Waals surface area contributed by atoms with Gasteiger partial charge in [-0.25, -0.2) is 0 Å². The Morgan fingerprint density at radius 3 is 2.91 bits per heavy atom. The minimum absolute atomic E-state index is 0. The summed E-state index contributed by atoms with van der Waals surface area (Å²) in [5.41, 5.74) is 1.08. The largest absolute Gasteiger partial charge is 0.434 e. The van der Waals surface area contributed by atoms with Gasteiger partial charge in [0.25, 0.3) is 0 Å². The van der Waals surface area contributed by atoms with Crippen LogP contribution < -0.4 is 15.4 Å². The highest BCUT2D eigenvalue weighted by molar-refractivity contribution is 5.90. The molecule has 0 aliphatic carbocycles. The molecular formula is C15H21ClF2N2O2. The molecule has 1 saturated heterocycles. The van der Waals surface area contributed by atoms with Crippen molar-refractivity contribution < 1.29 is 18.3 Å². The first kappa shape index (κ1) is 18.6. The molecule has 1 fully saturated rings. The molecule has 0 aromatic heterocycles. The molecule has 22 heavy (non-hydrogen) atoms. The minimum Gasteiger partial charge on any atom is -0.434 e. The van der Waals surface area contributed by atoms with E-state index in [1.165, 1.54) is 6.07 Å². The third-order valence-corrected chi connectivity index (χ3v) is 3.63. The topological polar surface area (TPSA) is 50.4 Å². The Labute approximate surface area is 135 Å². The second-order valence-corrected chi connectivity index (χ2v) is 5.30. The molecule has 1 aliphatic heterocycles. The fraction of sp³-hybridized carbons (Fsp3) is 0.533. The lowest BCUT2D eigenvalue weighted by Gasteiger charge is -2.12. The van der Waals surface area contributed by atoms with E-state index in [1.807, 2.05) is 0 Å². The van der Waals surface area contributed by atoms with Gasteiger partial charge in [0, 0.05) is 18.2 Å². The van der Waals surface area contributed by atoms with Crippen LogP contribution in [0, 0.1) is 12.8 Å². The number of benzene rings is 1. The van der Waals surface area contributed by atoms with Gasteiger partial charge in [0.2, 0.25) is 5.91 Å². The highest BCUT2D eigenvalue weighted by Crippen LogP contribution is 2.24. The molecule has 0 bridgehead atoms. The number of halogens is 3. The molecule has 1 aromatic carbocycles. The molecule has 1 amide bonds. The Kier molecular flexibility index (Phi) is 7.55. The summed E-state index contributed by atoms with van der Waals surface area (Å²) in [7, 11) is 0. The summed E-state index contributed by atoms with van der Waals surface area (Å²) in [6.07, 6.45) is 2.38. The lowest BCUT2D eigenvalue weighted by Crippen LogP contribution is -2.15. The summed E-state index contributed by atoms with van der Waals surface area (Å²) in [4.78, 5) is 11.9. The van der Waals surface area contributed by atoms with Crippen molar-refractivity contribution in [2.75, 3.05) is 18.4 Å². The molecule has 1 aromatic rings. The maximum absolute atomic E-state index is 12.3. The highest BCUT2D eigenvalue weighted by atomic mass is 35.5. The number of carbonyl (C=O) groups excluding carboxylic acids is 1. The van der Waals surface area contributed by atoms with Crippen molar-refractivity contribution in [1.29, 1.82) is 0 Å². The van der Waals surface area contributed by atoms with E-state index < -0.39 is 6.61 Å². The molecule has 1 unspecified atom stereocenters. The van der Waals surface area contributed by atoms with Crippen molar-refractivity contribution in [2.24, 2.45) is 5.92 Å². The van der Waals surface area contributed by atoms with E-state index >= 15 is 0 Å². The molecule has 7 heteroatoms. The van der Waals surface area contributed by atoms with Crippen LogP contribution >= 0.6 is 12.4 Å². The number of nitrogens with one attached hydrogen (secondary N) is 2. The summed E-state index contributed by atoms with van der Waals surface area (Å²) in [5, 5.41) is 5.98. The van der Waals surface area contributed by atoms with Gasteiger partial charge >= 0.3 is 6.61 Å². The zero-order valence-corrected chi connectivity index (χ0v) is 13.2. The zero-order chi connectivity index (χ0) is 15.2. The molecule has 2 N–H and O–H groups in total. The van der Waals surface area contributed by atoms with Crippen LogP contribution in [0.25, 0.3) is 0 Å². The molecule has 1 aliphatic rings. The molecule has 4 nitrogen and oxygen atoms in total. The monoisotopic (exact) mass is 334 g/mol. The van der Waals surface area contributed by atoms with E-state index in [2.05, 4.69) is 15.4 Å². The summed E-state index contributed by atoms with van der Waals surface area (Å²) >= 11 is 0. The van der Waals surface area contributed by atoms with Gasteiger partial charge < -0.3 is 15.4 Å². The number of anilines is 1. The van der Waals surface area contributed by atoms with Crippen molar-refractivity contribution in [2.45, 2.75) is 32.8 Å². The van der Waals surface area contributed by atoms with E-state index in [1.54, 1.807) is 19.1 Å². The van der Waals surface area contributed by atoms with E-state index in [0.717, 1.165) is 25.9 Å². The van der Waals surface area contributed by atoms with E-state index in [-0.39, 0.29) is 24.1 Å². The third-order valence-electron chi connectivity index (χ3n) is 3.63. The number of amides is 1. The van der Waals surface area contributed by atoms with Crippen LogP contribution in [0.15, 0.2) is 18.2 Å². The predicted octanol–water partition coefficient (Wildman–Crippen LogP) is 3.35. The maximum Gasteiger partial charge on any atom is 0.387 e. The maximum atomic E-state index is 12.3. The minimum atomic E-state index is -2.87. The van der Waals surface area contributed by atoms with Crippen LogP contribution in [0.4, 0.5) is 14.5 Å². The normalized spacial score (nSPS) is 17.2. The number of alkyl halides is 2. The fourth-order valence-electron chi connectivity index (χ4n) is 2.42. The number of carbonyl (C=O) groups is 1. The zero-order valence-electron chi connectivity index (χ0n) is 12.4. The van der Waals surface area contributed by atoms with Gasteiger partial charge in [-0.1, -0.05) is 6.07 Å².